The number of aromatic nitrogens is 1. The lowest BCUT2D eigenvalue weighted by molar-refractivity contribution is 0.237. The van der Waals surface area contributed by atoms with Crippen molar-refractivity contribution in [1.29, 1.82) is 0 Å². The van der Waals surface area contributed by atoms with Crippen molar-refractivity contribution in [1.82, 2.24) is 4.98 Å². The van der Waals surface area contributed by atoms with E-state index in [4.69, 9.17) is 0 Å². The van der Waals surface area contributed by atoms with E-state index in [0.717, 1.165) is 0 Å². The summed E-state index contributed by atoms with van der Waals surface area (Å²) >= 11 is 0. The van der Waals surface area contributed by atoms with E-state index in [1.54, 1.807) is 0 Å². The number of hydrogen-bond donors (Lipinski definition) is 2. The highest BCUT2D eigenvalue weighted by Gasteiger charge is 2.19. The molecule has 102 valence electrons. The maximum atomic E-state index is 9.60. The lowest BCUT2D eigenvalue weighted by Crippen LogP contribution is -2.11. The number of rotatable bonds is 3. The molecular formula is C17H23NO. The third-order valence-corrected chi connectivity index (χ3v) is 4.55. The first kappa shape index (κ1) is 12.7. The lowest BCUT2D eigenvalue weighted by Gasteiger charge is -2.19. The van der Waals surface area contributed by atoms with E-state index in [1.165, 1.54) is 53.4 Å². The van der Waals surface area contributed by atoms with Gasteiger partial charge in [-0.1, -0.05) is 19.9 Å². The molecule has 2 nitrogen and oxygen atoms in total. The number of aromatic amines is 1. The van der Waals surface area contributed by atoms with E-state index in [2.05, 4.69) is 37.0 Å². The zero-order valence-corrected chi connectivity index (χ0v) is 11.9. The number of fused-ring (bicyclic) bond motifs is 3. The number of aryl methyl sites for hydroxylation is 2. The van der Waals surface area contributed by atoms with Gasteiger partial charge in [-0.2, -0.15) is 0 Å². The van der Waals surface area contributed by atoms with Gasteiger partial charge in [0.1, 0.15) is 0 Å². The first-order valence-corrected chi connectivity index (χ1v) is 7.45. The Kier molecular flexibility index (Phi) is 3.36. The van der Waals surface area contributed by atoms with Gasteiger partial charge in [0.2, 0.25) is 0 Å². The van der Waals surface area contributed by atoms with E-state index in [1.807, 2.05) is 0 Å². The van der Waals surface area contributed by atoms with Crippen molar-refractivity contribution in [2.24, 2.45) is 5.92 Å². The van der Waals surface area contributed by atoms with Gasteiger partial charge in [-0.25, -0.2) is 0 Å². The van der Waals surface area contributed by atoms with Crippen LogP contribution in [0.15, 0.2) is 18.2 Å². The summed E-state index contributed by atoms with van der Waals surface area (Å²) in [5.74, 6) is 0.718. The van der Waals surface area contributed by atoms with Crippen LogP contribution >= 0.6 is 0 Å². The van der Waals surface area contributed by atoms with Crippen LogP contribution < -0.4 is 0 Å². The Balaban J connectivity index is 2.09. The highest BCUT2D eigenvalue weighted by atomic mass is 16.3. The molecule has 0 bridgehead atoms. The van der Waals surface area contributed by atoms with E-state index in [-0.39, 0.29) is 12.5 Å². The fourth-order valence-electron chi connectivity index (χ4n) is 3.36. The number of nitrogens with one attached hydrogen (secondary N) is 1. The quantitative estimate of drug-likeness (QED) is 0.862. The Morgan fingerprint density at radius 3 is 2.74 bits per heavy atom. The molecule has 2 aromatic rings. The molecule has 2 heteroatoms. The molecule has 0 radical (unpaired) electrons. The minimum atomic E-state index is 0.232. The van der Waals surface area contributed by atoms with E-state index in [0.29, 0.717) is 5.92 Å². The molecule has 1 aliphatic carbocycles. The third kappa shape index (κ3) is 2.18. The monoisotopic (exact) mass is 257 g/mol. The molecule has 0 saturated carbocycles. The van der Waals surface area contributed by atoms with Gasteiger partial charge in [0.15, 0.2) is 0 Å². The maximum Gasteiger partial charge on any atom is 0.0502 e. The molecule has 0 saturated heterocycles. The summed E-state index contributed by atoms with van der Waals surface area (Å²) in [5.41, 5.74) is 5.49. The van der Waals surface area contributed by atoms with Crippen molar-refractivity contribution in [2.45, 2.75) is 45.4 Å². The number of aliphatic hydroxyl groups excluding tert-OH is 1. The van der Waals surface area contributed by atoms with Gasteiger partial charge < -0.3 is 10.1 Å². The van der Waals surface area contributed by atoms with Crippen LogP contribution in [0.3, 0.4) is 0 Å². The van der Waals surface area contributed by atoms with Gasteiger partial charge in [-0.15, -0.1) is 0 Å². The molecule has 2 N–H and O–H groups in total. The van der Waals surface area contributed by atoms with Gasteiger partial charge in [-0.05, 0) is 54.9 Å². The summed E-state index contributed by atoms with van der Waals surface area (Å²) in [7, 11) is 0. The number of hydrogen-bond acceptors (Lipinski definition) is 1. The largest absolute Gasteiger partial charge is 0.396 e. The SMILES string of the molecule is CC(C)C(CO)c1ccc2[nH]c3c(c2c1)CCCC3. The minimum absolute atomic E-state index is 0.232. The topological polar surface area (TPSA) is 36.0 Å². The first-order valence-electron chi connectivity index (χ1n) is 7.45. The molecule has 0 amide bonds. The second kappa shape index (κ2) is 5.01. The van der Waals surface area contributed by atoms with E-state index in [9.17, 15) is 5.11 Å². The van der Waals surface area contributed by atoms with Crippen molar-refractivity contribution in [3.8, 4) is 0 Å². The summed E-state index contributed by atoms with van der Waals surface area (Å²) < 4.78 is 0. The lowest BCUT2D eigenvalue weighted by atomic mass is 9.87. The third-order valence-electron chi connectivity index (χ3n) is 4.55. The normalized spacial score (nSPS) is 16.8. The Morgan fingerprint density at radius 1 is 1.21 bits per heavy atom. The van der Waals surface area contributed by atoms with E-state index >= 15 is 0 Å². The highest BCUT2D eigenvalue weighted by molar-refractivity contribution is 5.85. The molecule has 0 fully saturated rings. The minimum Gasteiger partial charge on any atom is -0.396 e. The molecule has 1 heterocycles. The summed E-state index contributed by atoms with van der Waals surface area (Å²) in [4.78, 5) is 3.57. The van der Waals surface area contributed by atoms with Gasteiger partial charge in [0, 0.05) is 22.5 Å². The average molecular weight is 257 g/mol. The smallest absolute Gasteiger partial charge is 0.0502 e. The number of H-pyrrole nitrogens is 1. The molecule has 0 aliphatic heterocycles. The van der Waals surface area contributed by atoms with Crippen LogP contribution in [-0.2, 0) is 12.8 Å². The molecule has 1 aliphatic rings. The van der Waals surface area contributed by atoms with Crippen molar-refractivity contribution >= 4 is 10.9 Å². The summed E-state index contributed by atoms with van der Waals surface area (Å²) in [6.07, 6.45) is 4.99. The number of benzene rings is 1. The fourth-order valence-corrected chi connectivity index (χ4v) is 3.36. The highest BCUT2D eigenvalue weighted by Crippen LogP contribution is 2.32. The van der Waals surface area contributed by atoms with Gasteiger partial charge in [-0.3, -0.25) is 0 Å². The van der Waals surface area contributed by atoms with Crippen LogP contribution in [-0.4, -0.2) is 16.7 Å². The van der Waals surface area contributed by atoms with Crippen LogP contribution in [0.25, 0.3) is 10.9 Å². The van der Waals surface area contributed by atoms with Crippen molar-refractivity contribution < 1.29 is 5.11 Å². The molecule has 1 aromatic heterocycles. The second-order valence-corrected chi connectivity index (χ2v) is 6.13. The summed E-state index contributed by atoms with van der Waals surface area (Å²) in [6, 6.07) is 6.66. The molecule has 1 unspecified atom stereocenters. The molecule has 19 heavy (non-hydrogen) atoms. The van der Waals surface area contributed by atoms with Crippen molar-refractivity contribution in [3.63, 3.8) is 0 Å². The van der Waals surface area contributed by atoms with Gasteiger partial charge in [0.25, 0.3) is 0 Å². The van der Waals surface area contributed by atoms with Crippen molar-refractivity contribution in [3.05, 3.63) is 35.0 Å². The Morgan fingerprint density at radius 2 is 2.00 bits per heavy atom. The molecule has 0 spiro atoms. The Labute approximate surface area is 114 Å². The first-order chi connectivity index (χ1) is 9.20. The Hall–Kier alpha value is -1.28. The van der Waals surface area contributed by atoms with Crippen LogP contribution in [0.1, 0.15) is 49.4 Å². The standard InChI is InChI=1S/C17H23NO/c1-11(2)15(10-19)12-7-8-17-14(9-12)13-5-3-4-6-16(13)18-17/h7-9,11,15,18-19H,3-6,10H2,1-2H3. The predicted octanol–water partition coefficient (Wildman–Crippen LogP) is 3.78. The van der Waals surface area contributed by atoms with Crippen LogP contribution in [0, 0.1) is 5.92 Å². The molecular weight excluding hydrogens is 234 g/mol. The molecule has 3 rings (SSSR count). The maximum absolute atomic E-state index is 9.60. The fraction of sp³-hybridized carbons (Fsp3) is 0.529. The second-order valence-electron chi connectivity index (χ2n) is 6.13. The molecule has 1 atom stereocenters. The zero-order chi connectivity index (χ0) is 13.4. The summed E-state index contributed by atoms with van der Waals surface area (Å²) in [6.45, 7) is 4.59. The van der Waals surface area contributed by atoms with Gasteiger partial charge >= 0.3 is 0 Å². The summed E-state index contributed by atoms with van der Waals surface area (Å²) in [5, 5.41) is 11.0. The zero-order valence-electron chi connectivity index (χ0n) is 11.9. The van der Waals surface area contributed by atoms with E-state index < -0.39 is 0 Å². The van der Waals surface area contributed by atoms with Crippen molar-refractivity contribution in [2.75, 3.05) is 6.61 Å². The predicted molar refractivity (Wildman–Crippen MR) is 79.6 cm³/mol. The van der Waals surface area contributed by atoms with Crippen LogP contribution in [0.2, 0.25) is 0 Å². The Bertz CT molecular complexity index is 582. The molecule has 1 aromatic carbocycles. The van der Waals surface area contributed by atoms with Gasteiger partial charge in [0.05, 0.1) is 6.61 Å². The number of aliphatic hydroxyl groups is 1. The van der Waals surface area contributed by atoms with Crippen LogP contribution in [0.4, 0.5) is 0 Å². The average Bonchev–Trinajstić information content (AvgIpc) is 2.77. The van der Waals surface area contributed by atoms with Crippen LogP contribution in [0.5, 0.6) is 0 Å².